The number of nitrogens with zero attached hydrogens (tertiary/aromatic N) is 2. The molecule has 8 heteroatoms. The summed E-state index contributed by atoms with van der Waals surface area (Å²) in [6, 6.07) is 31.0. The van der Waals surface area contributed by atoms with Crippen LogP contribution in [0.2, 0.25) is 0 Å². The number of rotatable bonds is 9. The van der Waals surface area contributed by atoms with Gasteiger partial charge in [0.15, 0.2) is 0 Å². The van der Waals surface area contributed by atoms with Crippen LogP contribution in [-0.2, 0) is 0 Å². The molecular formula is C30H30N4O2Se2. The Bertz CT molecular complexity index is 1300. The van der Waals surface area contributed by atoms with Crippen molar-refractivity contribution in [2.24, 2.45) is 0 Å². The van der Waals surface area contributed by atoms with E-state index < -0.39 is 0 Å². The number of hydrogen-bond acceptors (Lipinski definition) is 4. The van der Waals surface area contributed by atoms with E-state index in [1.807, 2.05) is 135 Å². The fourth-order valence-corrected chi connectivity index (χ4v) is 10.7. The Morgan fingerprint density at radius 2 is 0.868 bits per heavy atom. The van der Waals surface area contributed by atoms with Crippen molar-refractivity contribution in [2.45, 2.75) is 0 Å². The fraction of sp³-hybridized carbons (Fsp3) is 0.133. The molecule has 4 aromatic carbocycles. The summed E-state index contributed by atoms with van der Waals surface area (Å²) < 4.78 is 2.05. The SMILES string of the molecule is CN(C)c1ccc(NC(=O)c2ccccc2[Se][Se]c2ccccc2C(=O)Nc2ccc(N(C)C)cc2)cc1. The van der Waals surface area contributed by atoms with Crippen LogP contribution in [0.25, 0.3) is 0 Å². The zero-order valence-electron chi connectivity index (χ0n) is 21.8. The van der Waals surface area contributed by atoms with Crippen molar-refractivity contribution < 1.29 is 9.59 Å². The molecule has 194 valence electrons. The second kappa shape index (κ2) is 12.8. The summed E-state index contributed by atoms with van der Waals surface area (Å²) in [6.07, 6.45) is 0. The second-order valence-electron chi connectivity index (χ2n) is 8.95. The number of carbonyl (C=O) groups excluding carboxylic acids is 2. The molecule has 0 unspecified atom stereocenters. The van der Waals surface area contributed by atoms with Gasteiger partial charge < -0.3 is 0 Å². The van der Waals surface area contributed by atoms with Gasteiger partial charge in [-0.2, -0.15) is 0 Å². The maximum absolute atomic E-state index is 13.1. The molecule has 0 spiro atoms. The van der Waals surface area contributed by atoms with E-state index in [9.17, 15) is 9.59 Å². The number of amides is 2. The van der Waals surface area contributed by atoms with E-state index in [1.54, 1.807) is 0 Å². The first-order chi connectivity index (χ1) is 18.3. The molecule has 0 saturated heterocycles. The summed E-state index contributed by atoms with van der Waals surface area (Å²) in [7, 11) is 7.94. The summed E-state index contributed by atoms with van der Waals surface area (Å²) in [5.41, 5.74) is 5.01. The Hall–Kier alpha value is -3.54. The third-order valence-corrected chi connectivity index (χ3v) is 13.0. The van der Waals surface area contributed by atoms with Crippen LogP contribution >= 0.6 is 0 Å². The van der Waals surface area contributed by atoms with Gasteiger partial charge in [-0.3, -0.25) is 0 Å². The number of benzene rings is 4. The molecule has 0 aliphatic rings. The van der Waals surface area contributed by atoms with Crippen LogP contribution in [0.5, 0.6) is 0 Å². The van der Waals surface area contributed by atoms with Crippen molar-refractivity contribution >= 4 is 69.8 Å². The molecule has 0 radical (unpaired) electrons. The fourth-order valence-electron chi connectivity index (χ4n) is 3.63. The van der Waals surface area contributed by atoms with Crippen LogP contribution in [-0.4, -0.2) is 66.3 Å². The van der Waals surface area contributed by atoms with Gasteiger partial charge in [0.1, 0.15) is 0 Å². The summed E-state index contributed by atoms with van der Waals surface area (Å²) in [5, 5.41) is 6.05. The van der Waals surface area contributed by atoms with Gasteiger partial charge in [0, 0.05) is 0 Å². The van der Waals surface area contributed by atoms with E-state index in [1.165, 1.54) is 0 Å². The third kappa shape index (κ3) is 7.06. The summed E-state index contributed by atoms with van der Waals surface area (Å²) in [6.45, 7) is 0. The molecule has 0 atom stereocenters. The first-order valence-electron chi connectivity index (χ1n) is 12.0. The standard InChI is InChI=1S/C30H30N4O2Se2/c1-33(2)23-17-13-21(14-18-23)31-29(35)25-9-5-7-11-27(25)37-38-28-12-8-6-10-26(28)30(36)32-22-15-19-24(20-16-22)34(3)4/h5-20H,1-4H3,(H,31,35)(H,32,36). The molecule has 0 heterocycles. The normalized spacial score (nSPS) is 10.5. The molecule has 4 rings (SSSR count). The molecule has 0 aliphatic heterocycles. The average Bonchev–Trinajstić information content (AvgIpc) is 2.92. The maximum atomic E-state index is 13.1. The predicted octanol–water partition coefficient (Wildman–Crippen LogP) is 3.60. The molecule has 4 aromatic rings. The average molecular weight is 637 g/mol. The second-order valence-corrected chi connectivity index (χ2v) is 15.1. The molecule has 2 N–H and O–H groups in total. The predicted molar refractivity (Wildman–Crippen MR) is 161 cm³/mol. The number of carbonyl (C=O) groups is 2. The molecule has 0 bridgehead atoms. The monoisotopic (exact) mass is 638 g/mol. The first-order valence-corrected chi connectivity index (χ1v) is 18.1. The van der Waals surface area contributed by atoms with Gasteiger partial charge in [0.05, 0.1) is 0 Å². The molecule has 38 heavy (non-hydrogen) atoms. The minimum atomic E-state index is -0.122. The minimum absolute atomic E-state index is 0.0133. The molecule has 0 aromatic heterocycles. The van der Waals surface area contributed by atoms with Crippen LogP contribution in [0.1, 0.15) is 20.7 Å². The topological polar surface area (TPSA) is 64.7 Å². The van der Waals surface area contributed by atoms with Gasteiger partial charge in [0.25, 0.3) is 0 Å². The Balaban J connectivity index is 1.45. The van der Waals surface area contributed by atoms with E-state index in [0.29, 0.717) is 11.1 Å². The Morgan fingerprint density at radius 1 is 0.526 bits per heavy atom. The molecular weight excluding hydrogens is 606 g/mol. The third-order valence-electron chi connectivity index (χ3n) is 5.77. The Morgan fingerprint density at radius 3 is 1.21 bits per heavy atom. The van der Waals surface area contributed by atoms with Crippen LogP contribution in [0.15, 0.2) is 97.1 Å². The van der Waals surface area contributed by atoms with E-state index in [0.717, 1.165) is 31.7 Å². The van der Waals surface area contributed by atoms with Gasteiger partial charge >= 0.3 is 236 Å². The van der Waals surface area contributed by atoms with Crippen LogP contribution < -0.4 is 29.4 Å². The van der Waals surface area contributed by atoms with Gasteiger partial charge in [-0.05, 0) is 0 Å². The molecule has 0 fully saturated rings. The van der Waals surface area contributed by atoms with Crippen molar-refractivity contribution in [1.29, 1.82) is 0 Å². The van der Waals surface area contributed by atoms with Gasteiger partial charge in [-0.1, -0.05) is 0 Å². The number of hydrogen-bond donors (Lipinski definition) is 2. The van der Waals surface area contributed by atoms with Gasteiger partial charge in [-0.25, -0.2) is 0 Å². The van der Waals surface area contributed by atoms with Crippen molar-refractivity contribution in [3.05, 3.63) is 108 Å². The summed E-state index contributed by atoms with van der Waals surface area (Å²) in [5.74, 6) is -0.244. The zero-order chi connectivity index (χ0) is 27.1. The number of nitrogens with one attached hydrogen (secondary N) is 2. The molecule has 0 aliphatic carbocycles. The van der Waals surface area contributed by atoms with E-state index in [2.05, 4.69) is 10.6 Å². The van der Waals surface area contributed by atoms with Crippen LogP contribution in [0.3, 0.4) is 0 Å². The first kappa shape index (κ1) is 27.5. The molecule has 0 saturated carbocycles. The van der Waals surface area contributed by atoms with Gasteiger partial charge in [-0.15, -0.1) is 0 Å². The Kier molecular flexibility index (Phi) is 9.27. The van der Waals surface area contributed by atoms with Gasteiger partial charge in [0.2, 0.25) is 0 Å². The van der Waals surface area contributed by atoms with E-state index >= 15 is 0 Å². The van der Waals surface area contributed by atoms with E-state index in [4.69, 9.17) is 0 Å². The van der Waals surface area contributed by atoms with E-state index in [-0.39, 0.29) is 38.1 Å². The van der Waals surface area contributed by atoms with Crippen molar-refractivity contribution in [2.75, 3.05) is 48.6 Å². The van der Waals surface area contributed by atoms with Crippen molar-refractivity contribution in [1.82, 2.24) is 0 Å². The van der Waals surface area contributed by atoms with Crippen LogP contribution in [0, 0.1) is 0 Å². The van der Waals surface area contributed by atoms with Crippen molar-refractivity contribution in [3.63, 3.8) is 0 Å². The Labute approximate surface area is 235 Å². The zero-order valence-corrected chi connectivity index (χ0v) is 25.2. The molecule has 6 nitrogen and oxygen atoms in total. The number of anilines is 4. The quantitative estimate of drug-likeness (QED) is 0.276. The van der Waals surface area contributed by atoms with Crippen LogP contribution in [0.4, 0.5) is 22.7 Å². The summed E-state index contributed by atoms with van der Waals surface area (Å²) in [4.78, 5) is 30.3. The molecule has 2 amide bonds. The van der Waals surface area contributed by atoms with Crippen molar-refractivity contribution in [3.8, 4) is 0 Å². The summed E-state index contributed by atoms with van der Waals surface area (Å²) >= 11 is 0.0267.